The summed E-state index contributed by atoms with van der Waals surface area (Å²) in [5.41, 5.74) is -0.517. The van der Waals surface area contributed by atoms with Crippen LogP contribution in [0.3, 0.4) is 0 Å². The minimum absolute atomic E-state index is 0.123. The second-order valence-electron chi connectivity index (χ2n) is 4.47. The largest absolute Gasteiger partial charge is 0.389 e. The van der Waals surface area contributed by atoms with Crippen LogP contribution in [0, 0.1) is 5.92 Å². The molecule has 4 heteroatoms. The fourth-order valence-corrected chi connectivity index (χ4v) is 2.51. The molecule has 0 aromatic carbocycles. The third-order valence-electron chi connectivity index (χ3n) is 3.59. The van der Waals surface area contributed by atoms with Crippen molar-refractivity contribution in [2.75, 3.05) is 26.2 Å². The van der Waals surface area contributed by atoms with Gasteiger partial charge in [0.25, 0.3) is 0 Å². The van der Waals surface area contributed by atoms with Gasteiger partial charge in [0.2, 0.25) is 5.91 Å². The summed E-state index contributed by atoms with van der Waals surface area (Å²) in [5, 5.41) is 13.6. The molecule has 2 saturated heterocycles. The molecule has 2 N–H and O–H groups in total. The minimum atomic E-state index is -0.517. The van der Waals surface area contributed by atoms with E-state index in [1.54, 1.807) is 6.92 Å². The zero-order valence-electron chi connectivity index (χ0n) is 8.62. The quantitative estimate of drug-likeness (QED) is 0.556. The van der Waals surface area contributed by atoms with Gasteiger partial charge in [0.05, 0.1) is 5.60 Å². The highest BCUT2D eigenvalue weighted by atomic mass is 16.3. The summed E-state index contributed by atoms with van der Waals surface area (Å²) in [7, 11) is 0. The molecule has 0 aliphatic carbocycles. The molecule has 0 radical (unpaired) electrons. The molecule has 0 saturated carbocycles. The maximum absolute atomic E-state index is 11.2. The maximum Gasteiger partial charge on any atom is 0.219 e. The number of rotatable bonds is 0. The Morgan fingerprint density at radius 2 is 2.36 bits per heavy atom. The van der Waals surface area contributed by atoms with Gasteiger partial charge in [-0.05, 0) is 19.4 Å². The summed E-state index contributed by atoms with van der Waals surface area (Å²) in [4.78, 5) is 13.0. The zero-order chi connectivity index (χ0) is 10.2. The van der Waals surface area contributed by atoms with Crippen LogP contribution in [0.5, 0.6) is 0 Å². The highest BCUT2D eigenvalue weighted by Crippen LogP contribution is 2.32. The Balaban J connectivity index is 2.05. The number of nitrogens with zero attached hydrogens (tertiary/aromatic N) is 1. The number of carbonyl (C=O) groups excluding carboxylic acids is 1. The molecular formula is C10H18N2O2. The molecule has 2 heterocycles. The van der Waals surface area contributed by atoms with E-state index < -0.39 is 5.60 Å². The van der Waals surface area contributed by atoms with E-state index in [-0.39, 0.29) is 11.8 Å². The Kier molecular flexibility index (Phi) is 2.49. The standard InChI is InChI=1S/C10H18N2O2/c1-8(13)12-5-3-10(14)2-4-11-6-9(10)7-12/h9,11,14H,2-7H2,1H3. The lowest BCUT2D eigenvalue weighted by Crippen LogP contribution is -2.59. The topological polar surface area (TPSA) is 52.6 Å². The Bertz CT molecular complexity index is 244. The Labute approximate surface area is 84.3 Å². The lowest BCUT2D eigenvalue weighted by Gasteiger charge is -2.47. The second-order valence-corrected chi connectivity index (χ2v) is 4.47. The molecule has 2 unspecified atom stereocenters. The number of hydrogen-bond donors (Lipinski definition) is 2. The molecule has 2 fully saturated rings. The second kappa shape index (κ2) is 3.51. The van der Waals surface area contributed by atoms with Gasteiger partial charge in [-0.1, -0.05) is 0 Å². The summed E-state index contributed by atoms with van der Waals surface area (Å²) in [6.07, 6.45) is 1.56. The first-order valence-corrected chi connectivity index (χ1v) is 5.30. The van der Waals surface area contributed by atoms with Crippen LogP contribution in [0.1, 0.15) is 19.8 Å². The van der Waals surface area contributed by atoms with Crippen LogP contribution in [-0.2, 0) is 4.79 Å². The SMILES string of the molecule is CC(=O)N1CCC2(O)CCNCC2C1. The molecule has 2 rings (SSSR count). The molecule has 2 atom stereocenters. The average molecular weight is 198 g/mol. The van der Waals surface area contributed by atoms with Crippen molar-refractivity contribution in [2.24, 2.45) is 5.92 Å². The van der Waals surface area contributed by atoms with Crippen LogP contribution < -0.4 is 5.32 Å². The smallest absolute Gasteiger partial charge is 0.219 e. The number of hydrogen-bond acceptors (Lipinski definition) is 3. The molecule has 0 bridgehead atoms. The van der Waals surface area contributed by atoms with Crippen molar-refractivity contribution in [3.63, 3.8) is 0 Å². The molecule has 2 aliphatic rings. The Morgan fingerprint density at radius 3 is 3.07 bits per heavy atom. The molecule has 2 aliphatic heterocycles. The van der Waals surface area contributed by atoms with E-state index in [1.165, 1.54) is 0 Å². The van der Waals surface area contributed by atoms with Gasteiger partial charge in [0, 0.05) is 32.5 Å². The first-order chi connectivity index (χ1) is 6.62. The van der Waals surface area contributed by atoms with Gasteiger partial charge in [0.1, 0.15) is 0 Å². The number of nitrogens with one attached hydrogen (secondary N) is 1. The summed E-state index contributed by atoms with van der Waals surface area (Å²) in [6.45, 7) is 4.75. The minimum Gasteiger partial charge on any atom is -0.389 e. The van der Waals surface area contributed by atoms with Crippen molar-refractivity contribution in [3.05, 3.63) is 0 Å². The highest BCUT2D eigenvalue weighted by molar-refractivity contribution is 5.73. The predicted octanol–water partition coefficient (Wildman–Crippen LogP) is -0.421. The van der Waals surface area contributed by atoms with Gasteiger partial charge in [-0.15, -0.1) is 0 Å². The number of fused-ring (bicyclic) bond motifs is 1. The number of amides is 1. The van der Waals surface area contributed by atoms with Gasteiger partial charge in [-0.25, -0.2) is 0 Å². The normalized spacial score (nSPS) is 37.9. The number of piperidine rings is 2. The average Bonchev–Trinajstić information content (AvgIpc) is 2.16. The number of likely N-dealkylation sites (tertiary alicyclic amines) is 1. The van der Waals surface area contributed by atoms with E-state index in [0.717, 1.165) is 25.9 Å². The van der Waals surface area contributed by atoms with E-state index in [2.05, 4.69) is 5.32 Å². The molecule has 0 aromatic heterocycles. The van der Waals surface area contributed by atoms with Gasteiger partial charge >= 0.3 is 0 Å². The summed E-state index contributed by atoms with van der Waals surface area (Å²) >= 11 is 0. The van der Waals surface area contributed by atoms with Crippen LogP contribution in [0.15, 0.2) is 0 Å². The third-order valence-corrected chi connectivity index (χ3v) is 3.59. The zero-order valence-corrected chi connectivity index (χ0v) is 8.62. The van der Waals surface area contributed by atoms with Crippen molar-refractivity contribution in [1.82, 2.24) is 10.2 Å². The van der Waals surface area contributed by atoms with Gasteiger partial charge in [-0.2, -0.15) is 0 Å². The number of carbonyl (C=O) groups is 1. The third kappa shape index (κ3) is 1.64. The molecule has 80 valence electrons. The van der Waals surface area contributed by atoms with E-state index in [9.17, 15) is 9.90 Å². The Morgan fingerprint density at radius 1 is 1.57 bits per heavy atom. The van der Waals surface area contributed by atoms with Crippen LogP contribution >= 0.6 is 0 Å². The number of aliphatic hydroxyl groups is 1. The lowest BCUT2D eigenvalue weighted by atomic mass is 9.76. The van der Waals surface area contributed by atoms with Crippen molar-refractivity contribution in [2.45, 2.75) is 25.4 Å². The molecule has 14 heavy (non-hydrogen) atoms. The molecule has 0 aromatic rings. The summed E-state index contributed by atoms with van der Waals surface area (Å²) in [6, 6.07) is 0. The van der Waals surface area contributed by atoms with Gasteiger partial charge < -0.3 is 15.3 Å². The monoisotopic (exact) mass is 198 g/mol. The van der Waals surface area contributed by atoms with Crippen molar-refractivity contribution < 1.29 is 9.90 Å². The van der Waals surface area contributed by atoms with Crippen LogP contribution in [0.2, 0.25) is 0 Å². The van der Waals surface area contributed by atoms with Gasteiger partial charge in [0.15, 0.2) is 0 Å². The molecule has 4 nitrogen and oxygen atoms in total. The molecular weight excluding hydrogens is 180 g/mol. The van der Waals surface area contributed by atoms with E-state index in [1.807, 2.05) is 4.90 Å². The van der Waals surface area contributed by atoms with Crippen molar-refractivity contribution in [3.8, 4) is 0 Å². The van der Waals surface area contributed by atoms with Crippen molar-refractivity contribution in [1.29, 1.82) is 0 Å². The predicted molar refractivity (Wildman–Crippen MR) is 52.8 cm³/mol. The van der Waals surface area contributed by atoms with Crippen LogP contribution in [0.25, 0.3) is 0 Å². The summed E-state index contributed by atoms with van der Waals surface area (Å²) < 4.78 is 0. The van der Waals surface area contributed by atoms with Crippen LogP contribution in [-0.4, -0.2) is 47.7 Å². The van der Waals surface area contributed by atoms with Gasteiger partial charge in [-0.3, -0.25) is 4.79 Å². The fourth-order valence-electron chi connectivity index (χ4n) is 2.51. The van der Waals surface area contributed by atoms with Crippen molar-refractivity contribution >= 4 is 5.91 Å². The fraction of sp³-hybridized carbons (Fsp3) is 0.900. The van der Waals surface area contributed by atoms with E-state index in [4.69, 9.17) is 0 Å². The molecule has 1 amide bonds. The van der Waals surface area contributed by atoms with Crippen LogP contribution in [0.4, 0.5) is 0 Å². The van der Waals surface area contributed by atoms with E-state index >= 15 is 0 Å². The lowest BCUT2D eigenvalue weighted by molar-refractivity contribution is -0.139. The Hall–Kier alpha value is -0.610. The first-order valence-electron chi connectivity index (χ1n) is 5.30. The molecule has 0 spiro atoms. The first kappa shape index (κ1) is 9.93. The summed E-state index contributed by atoms with van der Waals surface area (Å²) in [5.74, 6) is 0.339. The van der Waals surface area contributed by atoms with E-state index in [0.29, 0.717) is 13.1 Å². The highest BCUT2D eigenvalue weighted by Gasteiger charge is 2.43. The maximum atomic E-state index is 11.2.